The summed E-state index contributed by atoms with van der Waals surface area (Å²) in [6.45, 7) is -0.934. The molecule has 1 N–H and O–H groups in total. The lowest BCUT2D eigenvalue weighted by molar-refractivity contribution is -0.143. The lowest BCUT2D eigenvalue weighted by atomic mass is 10.1. The van der Waals surface area contributed by atoms with E-state index in [2.05, 4.69) is 4.74 Å². The van der Waals surface area contributed by atoms with Crippen molar-refractivity contribution in [2.75, 3.05) is 5.32 Å². The first-order valence-corrected chi connectivity index (χ1v) is 8.53. The number of nitrogens with one attached hydrogen (secondary N) is 1. The van der Waals surface area contributed by atoms with Gasteiger partial charge in [-0.1, -0.05) is 0 Å². The minimum atomic E-state index is -5.79. The van der Waals surface area contributed by atoms with Crippen molar-refractivity contribution in [2.24, 2.45) is 0 Å². The molecule has 3 aromatic rings. The van der Waals surface area contributed by atoms with Crippen LogP contribution < -0.4 is 10.1 Å². The van der Waals surface area contributed by atoms with Gasteiger partial charge in [-0.25, -0.2) is 26.3 Å². The summed E-state index contributed by atoms with van der Waals surface area (Å²) >= 11 is 0. The first kappa shape index (κ1) is 24.9. The molecule has 1 aromatic heterocycles. The van der Waals surface area contributed by atoms with E-state index in [-0.39, 0.29) is 6.07 Å². The molecule has 182 valence electrons. The van der Waals surface area contributed by atoms with E-state index in [1.165, 1.54) is 5.32 Å². The first-order chi connectivity index (χ1) is 15.7. The normalized spacial score (nSPS) is 11.6. The SMILES string of the molecule is O=C(Nc1c(F)c(F)c(C(F)(F)F)c(F)c1F)c1ccc(COc2c(F)c(F)cc(F)c2F)o1. The maximum Gasteiger partial charge on any atom is 0.422 e. The molecule has 0 saturated carbocycles. The number of alkyl halides is 3. The molecule has 0 atom stereocenters. The monoisotopic (exact) mass is 505 g/mol. The van der Waals surface area contributed by atoms with Crippen molar-refractivity contribution >= 4 is 11.6 Å². The Morgan fingerprint density at radius 2 is 1.35 bits per heavy atom. The molecule has 3 rings (SSSR count). The average molecular weight is 505 g/mol. The second-order valence-electron chi connectivity index (χ2n) is 6.31. The highest BCUT2D eigenvalue weighted by Crippen LogP contribution is 2.38. The predicted octanol–water partition coefficient (Wildman–Crippen LogP) is 6.24. The van der Waals surface area contributed by atoms with Crippen molar-refractivity contribution in [2.45, 2.75) is 12.8 Å². The zero-order valence-electron chi connectivity index (χ0n) is 15.8. The Kier molecular flexibility index (Phi) is 6.48. The summed E-state index contributed by atoms with van der Waals surface area (Å²) in [7, 11) is 0. The Bertz CT molecular complexity index is 1230. The van der Waals surface area contributed by atoms with Gasteiger partial charge in [-0.2, -0.15) is 22.0 Å². The van der Waals surface area contributed by atoms with Crippen LogP contribution in [-0.2, 0) is 12.8 Å². The Morgan fingerprint density at radius 3 is 1.85 bits per heavy atom. The fraction of sp³-hybridized carbons (Fsp3) is 0.105. The fourth-order valence-electron chi connectivity index (χ4n) is 2.56. The van der Waals surface area contributed by atoms with Crippen molar-refractivity contribution < 1.29 is 62.2 Å². The molecule has 1 heterocycles. The third-order valence-electron chi connectivity index (χ3n) is 4.10. The first-order valence-electron chi connectivity index (χ1n) is 8.53. The number of halogens is 11. The quantitative estimate of drug-likeness (QED) is 0.330. The Balaban J connectivity index is 1.81. The highest BCUT2D eigenvalue weighted by atomic mass is 19.4. The van der Waals surface area contributed by atoms with Crippen LogP contribution in [0.15, 0.2) is 22.6 Å². The topological polar surface area (TPSA) is 51.5 Å². The molecule has 4 nitrogen and oxygen atoms in total. The van der Waals surface area contributed by atoms with Crippen LogP contribution in [0.25, 0.3) is 0 Å². The van der Waals surface area contributed by atoms with Crippen LogP contribution in [0.1, 0.15) is 21.9 Å². The van der Waals surface area contributed by atoms with Crippen molar-refractivity contribution in [3.05, 3.63) is 81.8 Å². The molecule has 0 aliphatic carbocycles. The molecule has 0 aliphatic heterocycles. The summed E-state index contributed by atoms with van der Waals surface area (Å²) < 4.78 is 156. The third-order valence-corrected chi connectivity index (χ3v) is 4.10. The Morgan fingerprint density at radius 1 is 0.824 bits per heavy atom. The van der Waals surface area contributed by atoms with Gasteiger partial charge in [0.15, 0.2) is 46.4 Å². The summed E-state index contributed by atoms with van der Waals surface area (Å²) in [5, 5.41) is 1.29. The standard InChI is InChI=1S/C19H6F11NO3/c20-6-3-7(21)11(23)17(10(6)22)33-4-5-1-2-8(34-5)18(32)31-16-14(26)12(24)9(19(28,29)30)13(25)15(16)27/h1-3H,4H2,(H,31,32). The van der Waals surface area contributed by atoms with Crippen LogP contribution in [0.3, 0.4) is 0 Å². The van der Waals surface area contributed by atoms with Gasteiger partial charge in [0.25, 0.3) is 5.91 Å². The predicted molar refractivity (Wildman–Crippen MR) is 88.5 cm³/mol. The number of anilines is 1. The van der Waals surface area contributed by atoms with Gasteiger partial charge in [0.2, 0.25) is 11.6 Å². The molecule has 0 spiro atoms. The highest BCUT2D eigenvalue weighted by molar-refractivity contribution is 6.02. The summed E-state index contributed by atoms with van der Waals surface area (Å²) in [6, 6.07) is 1.57. The minimum Gasteiger partial charge on any atom is -0.479 e. The molecule has 0 saturated heterocycles. The molecule has 15 heteroatoms. The van der Waals surface area contributed by atoms with E-state index in [1.807, 2.05) is 0 Å². The minimum absolute atomic E-state index is 0.0853. The van der Waals surface area contributed by atoms with Gasteiger partial charge in [-0.15, -0.1) is 0 Å². The number of ether oxygens (including phenoxy) is 1. The Hall–Kier alpha value is -3.78. The zero-order chi connectivity index (χ0) is 25.5. The number of carbonyl (C=O) groups excluding carboxylic acids is 1. The largest absolute Gasteiger partial charge is 0.479 e. The van der Waals surface area contributed by atoms with Crippen LogP contribution in [-0.4, -0.2) is 5.91 Å². The molecule has 1 amide bonds. The van der Waals surface area contributed by atoms with Crippen LogP contribution >= 0.6 is 0 Å². The number of furan rings is 1. The van der Waals surface area contributed by atoms with E-state index in [4.69, 9.17) is 4.42 Å². The maximum atomic E-state index is 13.9. The molecule has 2 aromatic carbocycles. The van der Waals surface area contributed by atoms with E-state index in [9.17, 15) is 53.1 Å². The fourth-order valence-corrected chi connectivity index (χ4v) is 2.56. The molecular formula is C19H6F11NO3. The van der Waals surface area contributed by atoms with Gasteiger partial charge < -0.3 is 14.5 Å². The van der Waals surface area contributed by atoms with Crippen molar-refractivity contribution in [3.8, 4) is 5.75 Å². The molecule has 0 fully saturated rings. The lowest BCUT2D eigenvalue weighted by Crippen LogP contribution is -2.20. The number of carbonyl (C=O) groups is 1. The smallest absolute Gasteiger partial charge is 0.422 e. The molecular weight excluding hydrogens is 499 g/mol. The second-order valence-corrected chi connectivity index (χ2v) is 6.31. The lowest BCUT2D eigenvalue weighted by Gasteiger charge is -2.14. The zero-order valence-corrected chi connectivity index (χ0v) is 15.8. The number of hydrogen-bond acceptors (Lipinski definition) is 3. The van der Waals surface area contributed by atoms with E-state index in [0.717, 1.165) is 12.1 Å². The third kappa shape index (κ3) is 4.49. The van der Waals surface area contributed by atoms with Crippen LogP contribution in [0.2, 0.25) is 0 Å². The second kappa shape index (κ2) is 8.87. The van der Waals surface area contributed by atoms with Crippen molar-refractivity contribution in [1.29, 1.82) is 0 Å². The average Bonchev–Trinajstić information content (AvgIpc) is 3.22. The van der Waals surface area contributed by atoms with Gasteiger partial charge >= 0.3 is 6.18 Å². The number of rotatable bonds is 5. The van der Waals surface area contributed by atoms with Crippen LogP contribution in [0, 0.1) is 46.5 Å². The molecule has 34 heavy (non-hydrogen) atoms. The number of amides is 1. The van der Waals surface area contributed by atoms with Gasteiger partial charge in [0.05, 0.1) is 0 Å². The molecule has 0 aliphatic rings. The van der Waals surface area contributed by atoms with Gasteiger partial charge in [-0.3, -0.25) is 4.79 Å². The van der Waals surface area contributed by atoms with E-state index < -0.39 is 93.7 Å². The molecule has 0 radical (unpaired) electrons. The van der Waals surface area contributed by atoms with E-state index in [1.54, 1.807) is 0 Å². The van der Waals surface area contributed by atoms with E-state index in [0.29, 0.717) is 0 Å². The molecule has 0 bridgehead atoms. The van der Waals surface area contributed by atoms with Crippen LogP contribution in [0.4, 0.5) is 54.0 Å². The maximum absolute atomic E-state index is 13.9. The summed E-state index contributed by atoms with van der Waals surface area (Å²) in [5.74, 6) is -22.5. The van der Waals surface area contributed by atoms with Gasteiger partial charge in [0.1, 0.15) is 23.6 Å². The van der Waals surface area contributed by atoms with Crippen molar-refractivity contribution in [1.82, 2.24) is 0 Å². The highest BCUT2D eigenvalue weighted by Gasteiger charge is 2.42. The molecule has 0 unspecified atom stereocenters. The number of hydrogen-bond donors (Lipinski definition) is 1. The van der Waals surface area contributed by atoms with Gasteiger partial charge in [-0.05, 0) is 12.1 Å². The van der Waals surface area contributed by atoms with E-state index >= 15 is 0 Å². The summed E-state index contributed by atoms with van der Waals surface area (Å²) in [6.07, 6.45) is -5.79. The Labute approximate surface area is 180 Å². The van der Waals surface area contributed by atoms with Crippen LogP contribution in [0.5, 0.6) is 5.75 Å². The van der Waals surface area contributed by atoms with Gasteiger partial charge in [0, 0.05) is 6.07 Å². The number of benzene rings is 2. The van der Waals surface area contributed by atoms with Crippen molar-refractivity contribution in [3.63, 3.8) is 0 Å². The summed E-state index contributed by atoms with van der Waals surface area (Å²) in [5.41, 5.74) is -4.76. The summed E-state index contributed by atoms with van der Waals surface area (Å²) in [4.78, 5) is 12.0.